The van der Waals surface area contributed by atoms with Crippen molar-refractivity contribution >= 4 is 5.91 Å². The van der Waals surface area contributed by atoms with Gasteiger partial charge in [0.1, 0.15) is 0 Å². The SMILES string of the molecule is C=C/C(=C\NCC)N1Cc2nc(-c3cnc(OC)c(OC)c3)cc(C)c2C1=O. The summed E-state index contributed by atoms with van der Waals surface area (Å²) >= 11 is 0. The Hall–Kier alpha value is -3.35. The lowest BCUT2D eigenvalue weighted by atomic mass is 10.0. The minimum absolute atomic E-state index is 0.0685. The number of hydrogen-bond donors (Lipinski definition) is 1. The van der Waals surface area contributed by atoms with E-state index >= 15 is 0 Å². The average Bonchev–Trinajstić information content (AvgIpc) is 3.04. The van der Waals surface area contributed by atoms with E-state index in [-0.39, 0.29) is 5.91 Å². The van der Waals surface area contributed by atoms with Crippen LogP contribution in [0.25, 0.3) is 11.3 Å². The topological polar surface area (TPSA) is 76.6 Å². The lowest BCUT2D eigenvalue weighted by Crippen LogP contribution is -2.24. The Labute approximate surface area is 164 Å². The largest absolute Gasteiger partial charge is 0.491 e. The van der Waals surface area contributed by atoms with Crippen LogP contribution < -0.4 is 14.8 Å². The summed E-state index contributed by atoms with van der Waals surface area (Å²) in [6, 6.07) is 3.72. The van der Waals surface area contributed by atoms with Crippen LogP contribution in [-0.4, -0.2) is 41.5 Å². The first-order chi connectivity index (χ1) is 13.5. The number of methoxy groups -OCH3 is 2. The molecule has 2 aromatic heterocycles. The van der Waals surface area contributed by atoms with Crippen LogP contribution in [0, 0.1) is 6.92 Å². The van der Waals surface area contributed by atoms with Gasteiger partial charge in [-0.25, -0.2) is 4.98 Å². The first-order valence-corrected chi connectivity index (χ1v) is 9.00. The molecule has 146 valence electrons. The van der Waals surface area contributed by atoms with Gasteiger partial charge >= 0.3 is 0 Å². The van der Waals surface area contributed by atoms with Gasteiger partial charge in [-0.05, 0) is 37.6 Å². The van der Waals surface area contributed by atoms with Crippen molar-refractivity contribution in [1.29, 1.82) is 0 Å². The second kappa shape index (κ2) is 8.12. The lowest BCUT2D eigenvalue weighted by molar-refractivity contribution is 0.0830. The highest BCUT2D eigenvalue weighted by Gasteiger charge is 2.32. The summed E-state index contributed by atoms with van der Waals surface area (Å²) in [6.45, 7) is 8.89. The highest BCUT2D eigenvalue weighted by Crippen LogP contribution is 2.33. The number of pyridine rings is 2. The number of carbonyl (C=O) groups is 1. The van der Waals surface area contributed by atoms with Gasteiger partial charge in [0.2, 0.25) is 0 Å². The number of allylic oxidation sites excluding steroid dienone is 1. The molecule has 1 N–H and O–H groups in total. The third kappa shape index (κ3) is 3.43. The van der Waals surface area contributed by atoms with Crippen LogP contribution in [0.4, 0.5) is 0 Å². The Morgan fingerprint density at radius 1 is 1.36 bits per heavy atom. The molecule has 0 aromatic carbocycles. The van der Waals surface area contributed by atoms with Crippen LogP contribution in [0.15, 0.2) is 42.9 Å². The molecule has 0 unspecified atom stereocenters. The molecule has 0 spiro atoms. The van der Waals surface area contributed by atoms with Crippen LogP contribution in [0.1, 0.15) is 28.5 Å². The predicted molar refractivity (Wildman–Crippen MR) is 107 cm³/mol. The van der Waals surface area contributed by atoms with Crippen LogP contribution in [0.3, 0.4) is 0 Å². The number of ether oxygens (including phenoxy) is 2. The molecule has 7 nitrogen and oxygen atoms in total. The van der Waals surface area contributed by atoms with Crippen molar-refractivity contribution < 1.29 is 14.3 Å². The summed E-state index contributed by atoms with van der Waals surface area (Å²) in [6.07, 6.45) is 5.15. The smallest absolute Gasteiger partial charge is 0.260 e. The molecule has 3 rings (SSSR count). The summed E-state index contributed by atoms with van der Waals surface area (Å²) in [5.41, 5.74) is 4.49. The van der Waals surface area contributed by atoms with Gasteiger partial charge < -0.3 is 19.7 Å². The number of nitrogens with zero attached hydrogens (tertiary/aromatic N) is 3. The molecule has 28 heavy (non-hydrogen) atoms. The lowest BCUT2D eigenvalue weighted by Gasteiger charge is -2.16. The van der Waals surface area contributed by atoms with E-state index in [1.54, 1.807) is 37.6 Å². The van der Waals surface area contributed by atoms with Crippen molar-refractivity contribution in [3.05, 3.63) is 59.7 Å². The van der Waals surface area contributed by atoms with E-state index in [0.29, 0.717) is 23.7 Å². The van der Waals surface area contributed by atoms with E-state index in [2.05, 4.69) is 16.9 Å². The van der Waals surface area contributed by atoms with Gasteiger partial charge in [-0.3, -0.25) is 9.78 Å². The van der Waals surface area contributed by atoms with Crippen molar-refractivity contribution in [1.82, 2.24) is 20.2 Å². The Morgan fingerprint density at radius 3 is 2.79 bits per heavy atom. The van der Waals surface area contributed by atoms with Crippen LogP contribution >= 0.6 is 0 Å². The molecule has 7 heteroatoms. The van der Waals surface area contributed by atoms with Crippen LogP contribution in [-0.2, 0) is 6.54 Å². The first-order valence-electron chi connectivity index (χ1n) is 9.00. The molecule has 1 amide bonds. The minimum atomic E-state index is -0.0685. The van der Waals surface area contributed by atoms with E-state index in [9.17, 15) is 4.79 Å². The van der Waals surface area contributed by atoms with Crippen molar-refractivity contribution in [2.45, 2.75) is 20.4 Å². The molecule has 0 radical (unpaired) electrons. The van der Waals surface area contributed by atoms with Crippen molar-refractivity contribution in [2.24, 2.45) is 0 Å². The zero-order valence-corrected chi connectivity index (χ0v) is 16.6. The third-order valence-electron chi connectivity index (χ3n) is 4.56. The Balaban J connectivity index is 2.00. The Kier molecular flexibility index (Phi) is 5.63. The summed E-state index contributed by atoms with van der Waals surface area (Å²) in [5, 5.41) is 3.12. The molecule has 0 aliphatic carbocycles. The second-order valence-corrected chi connectivity index (χ2v) is 6.30. The van der Waals surface area contributed by atoms with Crippen LogP contribution in [0.5, 0.6) is 11.6 Å². The number of aromatic nitrogens is 2. The Morgan fingerprint density at radius 2 is 2.14 bits per heavy atom. The van der Waals surface area contributed by atoms with Crippen LogP contribution in [0.2, 0.25) is 0 Å². The second-order valence-electron chi connectivity index (χ2n) is 6.30. The number of aryl methyl sites for hydroxylation is 1. The predicted octanol–water partition coefficient (Wildman–Crippen LogP) is 3.06. The average molecular weight is 380 g/mol. The molecule has 0 saturated heterocycles. The van der Waals surface area contributed by atoms with E-state index in [1.807, 2.05) is 26.0 Å². The minimum Gasteiger partial charge on any atom is -0.491 e. The van der Waals surface area contributed by atoms with Gasteiger partial charge in [0.25, 0.3) is 11.8 Å². The summed E-state index contributed by atoms with van der Waals surface area (Å²) in [4.78, 5) is 23.6. The normalized spacial score (nSPS) is 13.4. The van der Waals surface area contributed by atoms with Gasteiger partial charge in [-0.15, -0.1) is 0 Å². The number of carbonyl (C=O) groups excluding carboxylic acids is 1. The quantitative estimate of drug-likeness (QED) is 0.744. The summed E-state index contributed by atoms with van der Waals surface area (Å²) in [7, 11) is 3.11. The number of nitrogens with one attached hydrogen (secondary N) is 1. The monoisotopic (exact) mass is 380 g/mol. The summed E-state index contributed by atoms with van der Waals surface area (Å²) < 4.78 is 10.5. The summed E-state index contributed by atoms with van der Waals surface area (Å²) in [5.74, 6) is 0.871. The molecule has 3 heterocycles. The molecular weight excluding hydrogens is 356 g/mol. The fourth-order valence-electron chi connectivity index (χ4n) is 3.18. The first kappa shape index (κ1) is 19.4. The van der Waals surface area contributed by atoms with E-state index in [0.717, 1.165) is 34.8 Å². The van der Waals surface area contributed by atoms with Crippen molar-refractivity contribution in [2.75, 3.05) is 20.8 Å². The zero-order chi connectivity index (χ0) is 20.3. The fraction of sp³-hybridized carbons (Fsp3) is 0.286. The molecular formula is C21H24N4O3. The molecule has 0 atom stereocenters. The highest BCUT2D eigenvalue weighted by molar-refractivity contribution is 6.00. The fourth-order valence-corrected chi connectivity index (χ4v) is 3.18. The number of rotatable bonds is 7. The van der Waals surface area contributed by atoms with Crippen molar-refractivity contribution in [3.8, 4) is 22.9 Å². The maximum absolute atomic E-state index is 12.9. The zero-order valence-electron chi connectivity index (χ0n) is 16.6. The number of hydrogen-bond acceptors (Lipinski definition) is 6. The number of fused-ring (bicyclic) bond motifs is 1. The number of amides is 1. The maximum Gasteiger partial charge on any atom is 0.260 e. The third-order valence-corrected chi connectivity index (χ3v) is 4.56. The maximum atomic E-state index is 12.9. The van der Waals surface area contributed by atoms with Gasteiger partial charge in [0.15, 0.2) is 5.75 Å². The van der Waals surface area contributed by atoms with Gasteiger partial charge in [-0.2, -0.15) is 0 Å². The van der Waals surface area contributed by atoms with Gasteiger partial charge in [0.05, 0.1) is 43.4 Å². The molecule has 0 saturated carbocycles. The molecule has 1 aliphatic heterocycles. The van der Waals surface area contributed by atoms with Crippen molar-refractivity contribution in [3.63, 3.8) is 0 Å². The Bertz CT molecular complexity index is 953. The van der Waals surface area contributed by atoms with Gasteiger partial charge in [-0.1, -0.05) is 6.58 Å². The highest BCUT2D eigenvalue weighted by atomic mass is 16.5. The standard InChI is InChI=1S/C21H24N4O3/c1-6-15(11-22-7-2)25-12-17-19(21(25)26)13(3)8-16(24-17)14-9-18(27-4)20(28-5)23-10-14/h6,8-11,22H,1,7,12H2,2-5H3/b15-11+. The van der Waals surface area contributed by atoms with E-state index in [4.69, 9.17) is 14.5 Å². The molecule has 0 fully saturated rings. The van der Waals surface area contributed by atoms with E-state index < -0.39 is 0 Å². The molecule has 0 bridgehead atoms. The molecule has 2 aromatic rings. The van der Waals surface area contributed by atoms with E-state index in [1.165, 1.54) is 0 Å². The molecule has 1 aliphatic rings. The van der Waals surface area contributed by atoms with Gasteiger partial charge in [0, 0.05) is 24.5 Å².